The maximum atomic E-state index is 12.6. The summed E-state index contributed by atoms with van der Waals surface area (Å²) in [5, 5.41) is 26.3. The summed E-state index contributed by atoms with van der Waals surface area (Å²) in [5.74, 6) is -0.492. The van der Waals surface area contributed by atoms with Crippen LogP contribution >= 0.6 is 0 Å². The molecule has 0 aliphatic carbocycles. The number of hydrogen-bond acceptors (Lipinski definition) is 6. The maximum Gasteiger partial charge on any atom is 0.398 e. The molecule has 2 aromatic heterocycles. The monoisotopic (exact) mass is 317 g/mol. The van der Waals surface area contributed by atoms with E-state index in [-0.39, 0.29) is 22.0 Å². The van der Waals surface area contributed by atoms with Gasteiger partial charge in [0, 0.05) is 24.1 Å². The van der Waals surface area contributed by atoms with E-state index in [1.165, 1.54) is 29.8 Å². The second kappa shape index (κ2) is 4.87. The molecule has 0 aliphatic rings. The van der Waals surface area contributed by atoms with E-state index in [0.717, 1.165) is 4.68 Å². The second-order valence-electron chi connectivity index (χ2n) is 4.94. The number of benzene rings is 1. The highest BCUT2D eigenvalue weighted by atomic mass is 16.6. The third kappa shape index (κ3) is 1.95. The summed E-state index contributed by atoms with van der Waals surface area (Å²) in [7, 11) is 1.43. The molecular formula is C13H11N5O5. The van der Waals surface area contributed by atoms with Crippen LogP contribution in [0.25, 0.3) is 21.8 Å². The topological polar surface area (TPSA) is 126 Å². The molecule has 1 aromatic carbocycles. The molecule has 0 radical (unpaired) electrons. The van der Waals surface area contributed by atoms with Crippen molar-refractivity contribution < 1.29 is 9.85 Å². The van der Waals surface area contributed by atoms with Crippen LogP contribution in [-0.2, 0) is 13.6 Å². The van der Waals surface area contributed by atoms with Gasteiger partial charge in [-0.25, -0.2) is 0 Å². The van der Waals surface area contributed by atoms with Crippen LogP contribution in [0, 0.1) is 20.2 Å². The van der Waals surface area contributed by atoms with E-state index >= 15 is 0 Å². The lowest BCUT2D eigenvalue weighted by molar-refractivity contribution is -0.388. The van der Waals surface area contributed by atoms with Crippen molar-refractivity contribution in [2.45, 2.75) is 13.5 Å². The number of hydrogen-bond donors (Lipinski definition) is 0. The van der Waals surface area contributed by atoms with Gasteiger partial charge >= 0.3 is 5.82 Å². The number of rotatable bonds is 3. The molecule has 3 rings (SSSR count). The van der Waals surface area contributed by atoms with E-state index in [0.29, 0.717) is 12.1 Å². The smallest absolute Gasteiger partial charge is 0.358 e. The Morgan fingerprint density at radius 1 is 1.22 bits per heavy atom. The lowest BCUT2D eigenvalue weighted by Gasteiger charge is -2.08. The molecule has 0 bridgehead atoms. The number of aromatic nitrogens is 3. The first-order valence-corrected chi connectivity index (χ1v) is 6.68. The van der Waals surface area contributed by atoms with E-state index in [4.69, 9.17) is 0 Å². The molecule has 0 saturated heterocycles. The number of nitro groups is 2. The molecular weight excluding hydrogens is 306 g/mol. The highest BCUT2D eigenvalue weighted by Crippen LogP contribution is 2.32. The third-order valence-corrected chi connectivity index (χ3v) is 3.72. The number of pyridine rings is 1. The van der Waals surface area contributed by atoms with Crippen LogP contribution < -0.4 is 5.56 Å². The Hall–Kier alpha value is -3.30. The number of nitro benzene ring substituents is 1. The third-order valence-electron chi connectivity index (χ3n) is 3.72. The van der Waals surface area contributed by atoms with Crippen LogP contribution in [0.1, 0.15) is 6.92 Å². The first-order chi connectivity index (χ1) is 10.9. The van der Waals surface area contributed by atoms with Crippen LogP contribution in [-0.4, -0.2) is 24.2 Å². The van der Waals surface area contributed by atoms with Gasteiger partial charge in [-0.05, 0) is 17.9 Å². The summed E-state index contributed by atoms with van der Waals surface area (Å²) in [6.45, 7) is 2.07. The second-order valence-corrected chi connectivity index (χ2v) is 4.94. The fraction of sp³-hybridized carbons (Fsp3) is 0.231. The van der Waals surface area contributed by atoms with E-state index in [2.05, 4.69) is 5.10 Å². The van der Waals surface area contributed by atoms with Crippen LogP contribution in [0.3, 0.4) is 0 Å². The molecule has 23 heavy (non-hydrogen) atoms. The zero-order valence-electron chi connectivity index (χ0n) is 12.2. The number of nitrogens with zero attached hydrogens (tertiary/aromatic N) is 5. The Morgan fingerprint density at radius 2 is 1.91 bits per heavy atom. The van der Waals surface area contributed by atoms with Gasteiger partial charge < -0.3 is 14.7 Å². The SMILES string of the molecule is CCn1c(=O)c2c(c([N+](=O)[O-])nn2C)c2cc([N+](=O)[O-])ccc21. The van der Waals surface area contributed by atoms with Crippen molar-refractivity contribution in [2.24, 2.45) is 7.05 Å². The lowest BCUT2D eigenvalue weighted by Crippen LogP contribution is -2.21. The van der Waals surface area contributed by atoms with Gasteiger partial charge in [0.25, 0.3) is 11.2 Å². The summed E-state index contributed by atoms with van der Waals surface area (Å²) in [6.07, 6.45) is 0. The van der Waals surface area contributed by atoms with Gasteiger partial charge in [0.1, 0.15) is 5.39 Å². The van der Waals surface area contributed by atoms with Crippen molar-refractivity contribution in [3.05, 3.63) is 48.8 Å². The Bertz CT molecular complexity index is 1050. The van der Waals surface area contributed by atoms with E-state index in [1.807, 2.05) is 0 Å². The van der Waals surface area contributed by atoms with Crippen molar-refractivity contribution in [1.29, 1.82) is 0 Å². The predicted molar refractivity (Wildman–Crippen MR) is 81.5 cm³/mol. The molecule has 2 heterocycles. The van der Waals surface area contributed by atoms with Gasteiger partial charge in [0.15, 0.2) is 5.52 Å². The van der Waals surface area contributed by atoms with Crippen molar-refractivity contribution in [3.63, 3.8) is 0 Å². The Morgan fingerprint density at radius 3 is 2.48 bits per heavy atom. The molecule has 0 fully saturated rings. The van der Waals surface area contributed by atoms with E-state index < -0.39 is 21.2 Å². The quantitative estimate of drug-likeness (QED) is 0.534. The Labute approximate surface area is 127 Å². The number of non-ortho nitro benzene ring substituents is 1. The predicted octanol–water partition coefficient (Wildman–Crippen LogP) is 1.72. The van der Waals surface area contributed by atoms with Gasteiger partial charge in [-0.1, -0.05) is 0 Å². The summed E-state index contributed by atoms with van der Waals surface area (Å²) in [6, 6.07) is 3.93. The van der Waals surface area contributed by atoms with Gasteiger partial charge in [-0.2, -0.15) is 4.68 Å². The van der Waals surface area contributed by atoms with E-state index in [1.54, 1.807) is 6.92 Å². The first kappa shape index (κ1) is 14.6. The molecule has 0 atom stereocenters. The highest BCUT2D eigenvalue weighted by molar-refractivity contribution is 6.09. The fourth-order valence-electron chi connectivity index (χ4n) is 2.76. The minimum atomic E-state index is -0.698. The largest absolute Gasteiger partial charge is 0.398 e. The van der Waals surface area contributed by atoms with Crippen molar-refractivity contribution in [1.82, 2.24) is 14.3 Å². The maximum absolute atomic E-state index is 12.6. The molecule has 0 spiro atoms. The summed E-state index contributed by atoms with van der Waals surface area (Å²) < 4.78 is 2.55. The van der Waals surface area contributed by atoms with Gasteiger partial charge in [-0.15, -0.1) is 0 Å². The molecule has 0 N–H and O–H groups in total. The lowest BCUT2D eigenvalue weighted by atomic mass is 10.1. The number of aryl methyl sites for hydroxylation is 2. The average molecular weight is 317 g/mol. The zero-order valence-corrected chi connectivity index (χ0v) is 12.2. The Kier molecular flexibility index (Phi) is 3.09. The average Bonchev–Trinajstić information content (AvgIpc) is 2.86. The van der Waals surface area contributed by atoms with E-state index in [9.17, 15) is 25.0 Å². The van der Waals surface area contributed by atoms with Gasteiger partial charge in [-0.3, -0.25) is 14.9 Å². The molecule has 3 aromatic rings. The van der Waals surface area contributed by atoms with Crippen LogP contribution in [0.15, 0.2) is 23.0 Å². The van der Waals surface area contributed by atoms with Gasteiger partial charge in [0.2, 0.25) is 0 Å². The van der Waals surface area contributed by atoms with Crippen molar-refractivity contribution in [2.75, 3.05) is 0 Å². The zero-order chi connectivity index (χ0) is 16.9. The molecule has 0 saturated carbocycles. The summed E-state index contributed by atoms with van der Waals surface area (Å²) in [5.41, 5.74) is -0.191. The molecule has 10 nitrogen and oxygen atoms in total. The Balaban J connectivity index is 2.67. The molecule has 0 unspecified atom stereocenters. The minimum Gasteiger partial charge on any atom is -0.358 e. The molecule has 118 valence electrons. The molecule has 0 aliphatic heterocycles. The van der Waals surface area contributed by atoms with Crippen LogP contribution in [0.2, 0.25) is 0 Å². The first-order valence-electron chi connectivity index (χ1n) is 6.68. The van der Waals surface area contributed by atoms with Crippen molar-refractivity contribution >= 4 is 33.3 Å². The normalized spacial score (nSPS) is 11.2. The standard InChI is InChI=1S/C13H11N5O5/c1-3-16-9-5-4-7(17(20)21)6-8(9)10-11(13(16)19)15(2)14-12(10)18(22)23/h4-6H,3H2,1-2H3. The van der Waals surface area contributed by atoms with Gasteiger partial charge in [0.05, 0.1) is 22.6 Å². The molecule has 10 heteroatoms. The van der Waals surface area contributed by atoms with Crippen LogP contribution in [0.4, 0.5) is 11.5 Å². The van der Waals surface area contributed by atoms with Crippen molar-refractivity contribution in [3.8, 4) is 0 Å². The summed E-state index contributed by atoms with van der Waals surface area (Å²) >= 11 is 0. The highest BCUT2D eigenvalue weighted by Gasteiger charge is 2.27. The minimum absolute atomic E-state index is 0.0194. The fourth-order valence-corrected chi connectivity index (χ4v) is 2.76. The number of fused-ring (bicyclic) bond motifs is 3. The molecule has 0 amide bonds. The van der Waals surface area contributed by atoms with Crippen LogP contribution in [0.5, 0.6) is 0 Å². The summed E-state index contributed by atoms with van der Waals surface area (Å²) in [4.78, 5) is 33.6.